The van der Waals surface area contributed by atoms with Gasteiger partial charge in [-0.05, 0) is 32.6 Å². The quantitative estimate of drug-likeness (QED) is 0.634. The lowest BCUT2D eigenvalue weighted by atomic mass is 9.52. The highest BCUT2D eigenvalue weighted by Crippen LogP contribution is 2.50. The number of aliphatic imine (C=N–C) groups is 1. The van der Waals surface area contributed by atoms with Crippen molar-refractivity contribution in [3.8, 4) is 0 Å². The van der Waals surface area contributed by atoms with E-state index in [1.807, 2.05) is 7.05 Å². The minimum atomic E-state index is 0.0231. The van der Waals surface area contributed by atoms with Crippen LogP contribution in [0.5, 0.6) is 0 Å². The monoisotopic (exact) mass is 232 g/mol. The van der Waals surface area contributed by atoms with Crippen LogP contribution in [0.1, 0.15) is 52.9 Å². The van der Waals surface area contributed by atoms with Gasteiger partial charge in [-0.3, -0.25) is 4.99 Å². The fraction of sp³-hybridized carbons (Fsp3) is 0.929. The van der Waals surface area contributed by atoms with E-state index in [1.54, 1.807) is 0 Å². The molecule has 17 heavy (non-hydrogen) atoms. The molecule has 3 heteroatoms. The van der Waals surface area contributed by atoms with Crippen LogP contribution in [0.25, 0.3) is 0 Å². The second-order valence-electron chi connectivity index (χ2n) is 6.25. The third-order valence-corrected chi connectivity index (χ3v) is 4.68. The summed E-state index contributed by atoms with van der Waals surface area (Å²) >= 11 is 0. The van der Waals surface area contributed by atoms with Crippen molar-refractivity contribution in [3.63, 3.8) is 0 Å². The fourth-order valence-electron chi connectivity index (χ4n) is 3.89. The minimum Gasteiger partial charge on any atom is -0.355 e. The number of likely N-dealkylation sites (tertiary alicyclic amines) is 1. The first-order valence-electron chi connectivity index (χ1n) is 7.00. The lowest BCUT2D eigenvalue weighted by Gasteiger charge is -2.54. The Kier molecular flexibility index (Phi) is 3.56. The van der Waals surface area contributed by atoms with Crippen molar-refractivity contribution in [1.82, 2.24) is 4.90 Å². The standard InChI is InChI=1S/C14H25BN2/c1-10(2)17-12-6-5-9-14(3,15)11(12)7-8-13(17)16-4/h10-12H,5-9H2,1-4H3. The highest BCUT2D eigenvalue weighted by molar-refractivity contribution is 6.15. The molecule has 1 saturated heterocycles. The van der Waals surface area contributed by atoms with E-state index in [0.29, 0.717) is 18.0 Å². The Labute approximate surface area is 107 Å². The van der Waals surface area contributed by atoms with E-state index in [-0.39, 0.29) is 5.31 Å². The summed E-state index contributed by atoms with van der Waals surface area (Å²) in [6, 6.07) is 1.15. The van der Waals surface area contributed by atoms with Crippen LogP contribution in [0.2, 0.25) is 5.31 Å². The predicted molar refractivity (Wildman–Crippen MR) is 74.8 cm³/mol. The summed E-state index contributed by atoms with van der Waals surface area (Å²) in [5, 5.41) is 0.0231. The number of nitrogens with zero attached hydrogens (tertiary/aromatic N) is 2. The van der Waals surface area contributed by atoms with E-state index in [1.165, 1.54) is 31.5 Å². The molecule has 3 unspecified atom stereocenters. The van der Waals surface area contributed by atoms with Crippen molar-refractivity contribution >= 4 is 13.7 Å². The van der Waals surface area contributed by atoms with Crippen LogP contribution >= 0.6 is 0 Å². The maximum atomic E-state index is 6.52. The summed E-state index contributed by atoms with van der Waals surface area (Å²) in [6.45, 7) is 6.79. The van der Waals surface area contributed by atoms with E-state index in [2.05, 4.69) is 30.7 Å². The van der Waals surface area contributed by atoms with Gasteiger partial charge in [0, 0.05) is 25.6 Å². The summed E-state index contributed by atoms with van der Waals surface area (Å²) in [7, 11) is 8.44. The zero-order valence-electron chi connectivity index (χ0n) is 11.7. The lowest BCUT2D eigenvalue weighted by molar-refractivity contribution is 0.0866. The Morgan fingerprint density at radius 1 is 1.41 bits per heavy atom. The number of hydrogen-bond donors (Lipinski definition) is 0. The van der Waals surface area contributed by atoms with Crippen LogP contribution in [0.15, 0.2) is 4.99 Å². The highest BCUT2D eigenvalue weighted by Gasteiger charge is 2.44. The normalized spacial score (nSPS) is 40.8. The summed E-state index contributed by atoms with van der Waals surface area (Å²) in [5.41, 5.74) is 0. The van der Waals surface area contributed by atoms with Gasteiger partial charge >= 0.3 is 0 Å². The summed E-state index contributed by atoms with van der Waals surface area (Å²) in [5.74, 6) is 1.93. The number of fused-ring (bicyclic) bond motifs is 1. The Balaban J connectivity index is 2.28. The van der Waals surface area contributed by atoms with E-state index in [9.17, 15) is 0 Å². The molecule has 1 aliphatic carbocycles. The van der Waals surface area contributed by atoms with Gasteiger partial charge in [0.25, 0.3) is 0 Å². The fourth-order valence-corrected chi connectivity index (χ4v) is 3.89. The number of rotatable bonds is 1. The third kappa shape index (κ3) is 2.25. The average molecular weight is 232 g/mol. The largest absolute Gasteiger partial charge is 0.355 e. The zero-order chi connectivity index (χ0) is 12.6. The van der Waals surface area contributed by atoms with E-state index < -0.39 is 0 Å². The first-order valence-corrected chi connectivity index (χ1v) is 7.00. The van der Waals surface area contributed by atoms with Crippen LogP contribution in [0, 0.1) is 5.92 Å². The maximum Gasteiger partial charge on any atom is 0.0990 e. The molecule has 2 rings (SSSR count). The molecule has 0 aromatic carbocycles. The van der Waals surface area contributed by atoms with Gasteiger partial charge in [-0.1, -0.05) is 25.1 Å². The molecular weight excluding hydrogens is 207 g/mol. The molecule has 0 N–H and O–H groups in total. The van der Waals surface area contributed by atoms with E-state index >= 15 is 0 Å². The first kappa shape index (κ1) is 13.0. The van der Waals surface area contributed by atoms with Gasteiger partial charge in [-0.15, -0.1) is 0 Å². The molecule has 1 aliphatic heterocycles. The molecule has 2 radical (unpaired) electrons. The Bertz CT molecular complexity index is 309. The Morgan fingerprint density at radius 2 is 2.12 bits per heavy atom. The van der Waals surface area contributed by atoms with Gasteiger partial charge < -0.3 is 4.90 Å². The maximum absolute atomic E-state index is 6.52. The Hall–Kier alpha value is -0.465. The van der Waals surface area contributed by atoms with Crippen LogP contribution in [-0.2, 0) is 0 Å². The van der Waals surface area contributed by atoms with Gasteiger partial charge in [-0.25, -0.2) is 0 Å². The number of amidine groups is 1. The molecule has 0 bridgehead atoms. The molecule has 0 aromatic rings. The van der Waals surface area contributed by atoms with Gasteiger partial charge in [0.1, 0.15) is 0 Å². The number of hydrogen-bond acceptors (Lipinski definition) is 1. The summed E-state index contributed by atoms with van der Waals surface area (Å²) in [6.07, 6.45) is 6.04. The van der Waals surface area contributed by atoms with Crippen molar-refractivity contribution in [2.75, 3.05) is 7.05 Å². The SMILES string of the molecule is [B]C1(C)CCCC2C1CCC(=NC)N2C(C)C. The van der Waals surface area contributed by atoms with Gasteiger partial charge in [0.2, 0.25) is 0 Å². The molecule has 2 aliphatic rings. The van der Waals surface area contributed by atoms with Crippen molar-refractivity contribution in [1.29, 1.82) is 0 Å². The van der Waals surface area contributed by atoms with Gasteiger partial charge in [0.15, 0.2) is 0 Å². The lowest BCUT2D eigenvalue weighted by Crippen LogP contribution is -2.55. The average Bonchev–Trinajstić information content (AvgIpc) is 2.26. The molecule has 2 fully saturated rings. The van der Waals surface area contributed by atoms with E-state index in [4.69, 9.17) is 7.85 Å². The number of piperidine rings is 1. The molecule has 2 nitrogen and oxygen atoms in total. The summed E-state index contributed by atoms with van der Waals surface area (Å²) in [4.78, 5) is 7.03. The first-order chi connectivity index (χ1) is 7.97. The molecule has 3 atom stereocenters. The van der Waals surface area contributed by atoms with Gasteiger partial charge in [0.05, 0.1) is 13.7 Å². The van der Waals surface area contributed by atoms with E-state index in [0.717, 1.165) is 6.42 Å². The smallest absolute Gasteiger partial charge is 0.0990 e. The van der Waals surface area contributed by atoms with Crippen molar-refractivity contribution in [3.05, 3.63) is 0 Å². The predicted octanol–water partition coefficient (Wildman–Crippen LogP) is 3.03. The second kappa shape index (κ2) is 4.66. The minimum absolute atomic E-state index is 0.0231. The molecule has 0 spiro atoms. The zero-order valence-corrected chi connectivity index (χ0v) is 11.7. The summed E-state index contributed by atoms with van der Waals surface area (Å²) < 4.78 is 0. The third-order valence-electron chi connectivity index (χ3n) is 4.68. The van der Waals surface area contributed by atoms with Crippen LogP contribution < -0.4 is 0 Å². The van der Waals surface area contributed by atoms with Crippen molar-refractivity contribution in [2.24, 2.45) is 10.9 Å². The molecular formula is C14H25BN2. The molecule has 1 saturated carbocycles. The Morgan fingerprint density at radius 3 is 2.71 bits per heavy atom. The second-order valence-corrected chi connectivity index (χ2v) is 6.25. The van der Waals surface area contributed by atoms with Gasteiger partial charge in [-0.2, -0.15) is 0 Å². The van der Waals surface area contributed by atoms with Crippen LogP contribution in [-0.4, -0.2) is 37.7 Å². The van der Waals surface area contributed by atoms with Crippen LogP contribution in [0.3, 0.4) is 0 Å². The van der Waals surface area contributed by atoms with Crippen molar-refractivity contribution < 1.29 is 0 Å². The molecule has 94 valence electrons. The molecule has 0 aromatic heterocycles. The molecule has 1 heterocycles. The van der Waals surface area contributed by atoms with Crippen LogP contribution in [0.4, 0.5) is 0 Å². The molecule has 0 amide bonds. The topological polar surface area (TPSA) is 15.6 Å². The van der Waals surface area contributed by atoms with Crippen molar-refractivity contribution in [2.45, 2.75) is 70.3 Å². The highest BCUT2D eigenvalue weighted by atomic mass is 15.2.